The average Bonchev–Trinajstić information content (AvgIpc) is 2.21. The van der Waals surface area contributed by atoms with Crippen molar-refractivity contribution in [2.75, 3.05) is 13.1 Å². The highest BCUT2D eigenvalue weighted by Crippen LogP contribution is 2.28. The van der Waals surface area contributed by atoms with Crippen LogP contribution in [0.2, 0.25) is 0 Å². The van der Waals surface area contributed by atoms with E-state index in [1.54, 1.807) is 0 Å². The zero-order chi connectivity index (χ0) is 14.8. The van der Waals surface area contributed by atoms with Gasteiger partial charge in [0.25, 0.3) is 3.79 Å². The number of alkyl halides is 3. The molecular formula is C12H22Cl3N2O2+. The normalized spacial score (nSPS) is 30.2. The number of ether oxygens (including phenoxy) is 1. The van der Waals surface area contributed by atoms with Crippen molar-refractivity contribution in [3.05, 3.63) is 0 Å². The molecule has 0 spiro atoms. The predicted molar refractivity (Wildman–Crippen MR) is 77.8 cm³/mol. The zero-order valence-electron chi connectivity index (χ0n) is 11.7. The van der Waals surface area contributed by atoms with Crippen LogP contribution >= 0.6 is 34.8 Å². The molecule has 19 heavy (non-hydrogen) atoms. The Morgan fingerprint density at radius 2 is 1.74 bits per heavy atom. The fraction of sp³-hybridized carbons (Fsp3) is 0.917. The molecule has 112 valence electrons. The van der Waals surface area contributed by atoms with Crippen LogP contribution in [0.5, 0.6) is 0 Å². The van der Waals surface area contributed by atoms with E-state index in [0.29, 0.717) is 13.1 Å². The zero-order valence-corrected chi connectivity index (χ0v) is 13.9. The van der Waals surface area contributed by atoms with E-state index in [-0.39, 0.29) is 24.0 Å². The van der Waals surface area contributed by atoms with Gasteiger partial charge in [0, 0.05) is 5.92 Å². The molecule has 2 N–H and O–H groups in total. The molecule has 0 aromatic carbocycles. The molecule has 1 amide bonds. The maximum Gasteiger partial charge on any atom is 0.262 e. The van der Waals surface area contributed by atoms with E-state index in [0.717, 1.165) is 4.90 Å². The standard InChI is InChI=1S/C12H21Cl3N2O2/c1-7(2)10(18)16-11(12(13,14)15)17-5-8(3)19-9(4)6-17/h7-9,11H,5-6H2,1-4H3,(H,16,18)/p+1/t8-,9-,11-/m0/s1. The topological polar surface area (TPSA) is 42.8 Å². The summed E-state index contributed by atoms with van der Waals surface area (Å²) in [5.74, 6) is -0.263. The number of amides is 1. The highest BCUT2D eigenvalue weighted by atomic mass is 35.6. The van der Waals surface area contributed by atoms with E-state index >= 15 is 0 Å². The van der Waals surface area contributed by atoms with E-state index in [9.17, 15) is 4.79 Å². The number of halogens is 3. The molecule has 0 saturated carbocycles. The fourth-order valence-corrected chi connectivity index (χ4v) is 2.90. The Balaban J connectivity index is 2.82. The third kappa shape index (κ3) is 5.27. The quantitative estimate of drug-likeness (QED) is 0.761. The van der Waals surface area contributed by atoms with Gasteiger partial charge in [-0.1, -0.05) is 48.7 Å². The molecule has 1 rings (SSSR count). The first-order valence-electron chi connectivity index (χ1n) is 6.48. The summed E-state index contributed by atoms with van der Waals surface area (Å²) in [4.78, 5) is 12.9. The van der Waals surface area contributed by atoms with Crippen molar-refractivity contribution in [2.24, 2.45) is 5.92 Å². The number of carbonyl (C=O) groups excluding carboxylic acids is 1. The minimum absolute atomic E-state index is 0.0737. The van der Waals surface area contributed by atoms with E-state index in [1.807, 2.05) is 27.7 Å². The number of hydrogen-bond acceptors (Lipinski definition) is 2. The van der Waals surface area contributed by atoms with Crippen molar-refractivity contribution in [1.29, 1.82) is 0 Å². The van der Waals surface area contributed by atoms with E-state index in [2.05, 4.69) is 5.32 Å². The summed E-state index contributed by atoms with van der Waals surface area (Å²) in [6.07, 6.45) is -0.421. The van der Waals surface area contributed by atoms with Gasteiger partial charge in [0.2, 0.25) is 12.1 Å². The van der Waals surface area contributed by atoms with Gasteiger partial charge in [-0.05, 0) is 13.8 Å². The molecule has 3 atom stereocenters. The Hall–Kier alpha value is 0.260. The van der Waals surface area contributed by atoms with Gasteiger partial charge < -0.3 is 15.0 Å². The molecule has 1 fully saturated rings. The average molecular weight is 333 g/mol. The smallest absolute Gasteiger partial charge is 0.262 e. The molecule has 0 bridgehead atoms. The summed E-state index contributed by atoms with van der Waals surface area (Å²) in [6.45, 7) is 8.97. The van der Waals surface area contributed by atoms with Crippen molar-refractivity contribution in [1.82, 2.24) is 5.32 Å². The van der Waals surface area contributed by atoms with Crippen LogP contribution in [0.4, 0.5) is 0 Å². The molecule has 1 aliphatic heterocycles. The minimum atomic E-state index is -1.54. The first-order valence-corrected chi connectivity index (χ1v) is 7.61. The van der Waals surface area contributed by atoms with Crippen LogP contribution in [0.15, 0.2) is 0 Å². The van der Waals surface area contributed by atoms with Crippen LogP contribution in [-0.4, -0.2) is 41.2 Å². The maximum atomic E-state index is 11.9. The van der Waals surface area contributed by atoms with Gasteiger partial charge in [-0.2, -0.15) is 0 Å². The molecular weight excluding hydrogens is 311 g/mol. The molecule has 1 saturated heterocycles. The summed E-state index contributed by atoms with van der Waals surface area (Å²) in [6, 6.07) is 0. The van der Waals surface area contributed by atoms with Crippen molar-refractivity contribution in [3.8, 4) is 0 Å². The fourth-order valence-electron chi connectivity index (χ4n) is 2.27. The molecule has 0 unspecified atom stereocenters. The van der Waals surface area contributed by atoms with Crippen molar-refractivity contribution >= 4 is 40.7 Å². The molecule has 1 aliphatic rings. The van der Waals surface area contributed by atoms with Crippen LogP contribution in [0.3, 0.4) is 0 Å². The lowest BCUT2D eigenvalue weighted by molar-refractivity contribution is -0.941. The lowest BCUT2D eigenvalue weighted by Gasteiger charge is -2.39. The van der Waals surface area contributed by atoms with Gasteiger partial charge in [0.15, 0.2) is 0 Å². The van der Waals surface area contributed by atoms with Gasteiger partial charge >= 0.3 is 0 Å². The van der Waals surface area contributed by atoms with Gasteiger partial charge in [0.1, 0.15) is 25.3 Å². The molecule has 0 aromatic heterocycles. The second-order valence-electron chi connectivity index (χ2n) is 5.46. The molecule has 4 nitrogen and oxygen atoms in total. The molecule has 0 aliphatic carbocycles. The Labute approximate surface area is 129 Å². The van der Waals surface area contributed by atoms with Gasteiger partial charge in [-0.15, -0.1) is 0 Å². The first kappa shape index (κ1) is 17.3. The second-order valence-corrected chi connectivity index (χ2v) is 7.83. The summed E-state index contributed by atoms with van der Waals surface area (Å²) in [5.41, 5.74) is 0. The Bertz CT molecular complexity index is 311. The molecule has 7 heteroatoms. The summed E-state index contributed by atoms with van der Waals surface area (Å²) >= 11 is 18.1. The highest BCUT2D eigenvalue weighted by Gasteiger charge is 2.45. The van der Waals surface area contributed by atoms with Gasteiger partial charge in [0.05, 0.1) is 0 Å². The summed E-state index contributed by atoms with van der Waals surface area (Å²) in [5, 5.41) is 2.84. The number of nitrogens with one attached hydrogen (secondary N) is 2. The van der Waals surface area contributed by atoms with Crippen molar-refractivity contribution in [2.45, 2.75) is 49.9 Å². The summed E-state index contributed by atoms with van der Waals surface area (Å²) < 4.78 is 4.12. The van der Waals surface area contributed by atoms with Crippen LogP contribution in [0, 0.1) is 5.92 Å². The van der Waals surface area contributed by atoms with Gasteiger partial charge in [-0.3, -0.25) is 4.79 Å². The Morgan fingerprint density at radius 1 is 1.26 bits per heavy atom. The van der Waals surface area contributed by atoms with Crippen LogP contribution in [0.1, 0.15) is 27.7 Å². The number of hydrogen-bond donors (Lipinski definition) is 2. The van der Waals surface area contributed by atoms with Crippen LogP contribution < -0.4 is 10.2 Å². The largest absolute Gasteiger partial charge is 0.364 e. The van der Waals surface area contributed by atoms with Crippen LogP contribution in [0.25, 0.3) is 0 Å². The van der Waals surface area contributed by atoms with Gasteiger partial charge in [-0.25, -0.2) is 0 Å². The van der Waals surface area contributed by atoms with E-state index in [4.69, 9.17) is 39.5 Å². The lowest BCUT2D eigenvalue weighted by atomic mass is 10.2. The number of rotatable bonds is 3. The summed E-state index contributed by atoms with van der Waals surface area (Å²) in [7, 11) is 0. The Kier molecular flexibility index (Phi) is 6.21. The van der Waals surface area contributed by atoms with E-state index < -0.39 is 9.96 Å². The monoisotopic (exact) mass is 331 g/mol. The highest BCUT2D eigenvalue weighted by molar-refractivity contribution is 6.68. The first-order chi connectivity index (χ1) is 8.61. The van der Waals surface area contributed by atoms with Crippen molar-refractivity contribution in [3.63, 3.8) is 0 Å². The minimum Gasteiger partial charge on any atom is -0.364 e. The second kappa shape index (κ2) is 6.81. The molecule has 0 aromatic rings. The maximum absolute atomic E-state index is 11.9. The molecule has 0 radical (unpaired) electrons. The van der Waals surface area contributed by atoms with Crippen LogP contribution in [-0.2, 0) is 9.53 Å². The number of quaternary nitrogens is 1. The third-order valence-electron chi connectivity index (χ3n) is 3.11. The van der Waals surface area contributed by atoms with Crippen molar-refractivity contribution < 1.29 is 14.4 Å². The third-order valence-corrected chi connectivity index (χ3v) is 3.77. The SMILES string of the molecule is CC(C)C(=O)N[C@@H]([NH+]1C[C@H](C)O[C@@H](C)C1)C(Cl)(Cl)Cl. The number of carbonyl (C=O) groups is 1. The number of morpholine rings is 1. The van der Waals surface area contributed by atoms with E-state index in [1.165, 1.54) is 0 Å². The lowest BCUT2D eigenvalue weighted by Crippen LogP contribution is -3.22. The predicted octanol–water partition coefficient (Wildman–Crippen LogP) is 1.15. The Morgan fingerprint density at radius 3 is 2.11 bits per heavy atom. The molecule has 1 heterocycles.